The van der Waals surface area contributed by atoms with Gasteiger partial charge in [-0.25, -0.2) is 9.97 Å². The van der Waals surface area contributed by atoms with E-state index in [-0.39, 0.29) is 0 Å². The molecule has 1 N–H and O–H groups in total. The van der Waals surface area contributed by atoms with Crippen LogP contribution in [0.4, 0.5) is 5.82 Å². The number of rotatable bonds is 2. The van der Waals surface area contributed by atoms with Gasteiger partial charge in [-0.1, -0.05) is 30.3 Å². The summed E-state index contributed by atoms with van der Waals surface area (Å²) < 4.78 is 0. The van der Waals surface area contributed by atoms with E-state index in [1.165, 1.54) is 5.56 Å². The van der Waals surface area contributed by atoms with Gasteiger partial charge in [0, 0.05) is 25.8 Å². The molecule has 0 amide bonds. The second kappa shape index (κ2) is 5.36. The Morgan fingerprint density at radius 2 is 2.05 bits per heavy atom. The quantitative estimate of drug-likeness (QED) is 0.889. The van der Waals surface area contributed by atoms with E-state index in [9.17, 15) is 0 Å². The van der Waals surface area contributed by atoms with E-state index >= 15 is 0 Å². The largest absolute Gasteiger partial charge is 0.347 e. The highest BCUT2D eigenvalue weighted by molar-refractivity contribution is 5.43. The van der Waals surface area contributed by atoms with Gasteiger partial charge in [-0.15, -0.1) is 0 Å². The maximum absolute atomic E-state index is 4.56. The molecule has 2 aromatic rings. The zero-order valence-corrected chi connectivity index (χ0v) is 11.1. The van der Waals surface area contributed by atoms with Crippen molar-refractivity contribution in [2.24, 2.45) is 0 Å². The topological polar surface area (TPSA) is 41.1 Å². The summed E-state index contributed by atoms with van der Waals surface area (Å²) in [5.74, 6) is 1.84. The van der Waals surface area contributed by atoms with Crippen molar-refractivity contribution in [3.8, 4) is 0 Å². The Morgan fingerprint density at radius 3 is 2.84 bits per heavy atom. The maximum atomic E-state index is 4.56. The molecule has 19 heavy (non-hydrogen) atoms. The molecule has 98 valence electrons. The summed E-state index contributed by atoms with van der Waals surface area (Å²) >= 11 is 0. The highest BCUT2D eigenvalue weighted by Gasteiger charge is 2.24. The molecule has 0 spiro atoms. The minimum atomic E-state index is 0.337. The van der Waals surface area contributed by atoms with Crippen LogP contribution in [-0.2, 0) is 0 Å². The van der Waals surface area contributed by atoms with Gasteiger partial charge in [0.05, 0.1) is 6.04 Å². The van der Waals surface area contributed by atoms with Crippen LogP contribution in [-0.4, -0.2) is 29.6 Å². The molecule has 0 bridgehead atoms. The number of piperazine rings is 1. The maximum Gasteiger partial charge on any atom is 0.132 e. The number of nitrogens with zero attached hydrogens (tertiary/aromatic N) is 3. The lowest BCUT2D eigenvalue weighted by Crippen LogP contribution is -2.46. The van der Waals surface area contributed by atoms with Crippen LogP contribution in [0.3, 0.4) is 0 Å². The molecule has 1 aliphatic heterocycles. The Bertz CT molecular complexity index is 541. The second-order valence-electron chi connectivity index (χ2n) is 4.79. The van der Waals surface area contributed by atoms with E-state index in [0.717, 1.165) is 31.3 Å². The average Bonchev–Trinajstić information content (AvgIpc) is 2.48. The highest BCUT2D eigenvalue weighted by Crippen LogP contribution is 2.26. The Labute approximate surface area is 113 Å². The lowest BCUT2D eigenvalue weighted by Gasteiger charge is -2.37. The molecule has 1 saturated heterocycles. The standard InChI is InChI=1S/C15H18N4/c1-12-17-8-7-15(18-12)19-10-9-16-11-14(19)13-5-3-2-4-6-13/h2-8,14,16H,9-11H2,1H3/t14-/m1/s1. The van der Waals surface area contributed by atoms with Crippen molar-refractivity contribution in [1.29, 1.82) is 0 Å². The molecule has 0 radical (unpaired) electrons. The first-order chi connectivity index (χ1) is 9.34. The van der Waals surface area contributed by atoms with E-state index in [2.05, 4.69) is 50.5 Å². The molecule has 1 atom stereocenters. The summed E-state index contributed by atoms with van der Waals surface area (Å²) in [4.78, 5) is 11.1. The molecule has 4 nitrogen and oxygen atoms in total. The van der Waals surface area contributed by atoms with Crippen molar-refractivity contribution in [1.82, 2.24) is 15.3 Å². The first-order valence-electron chi connectivity index (χ1n) is 6.66. The summed E-state index contributed by atoms with van der Waals surface area (Å²) in [6.45, 7) is 4.85. The fourth-order valence-electron chi connectivity index (χ4n) is 2.56. The summed E-state index contributed by atoms with van der Waals surface area (Å²) in [7, 11) is 0. The summed E-state index contributed by atoms with van der Waals surface area (Å²) in [6, 6.07) is 12.9. The predicted octanol–water partition coefficient (Wildman–Crippen LogP) is 1.94. The number of aryl methyl sites for hydroxylation is 1. The molecule has 3 rings (SSSR count). The zero-order valence-electron chi connectivity index (χ0n) is 11.1. The number of hydrogen-bond acceptors (Lipinski definition) is 4. The zero-order chi connectivity index (χ0) is 13.1. The van der Waals surface area contributed by atoms with Gasteiger partial charge in [0.25, 0.3) is 0 Å². The molecule has 4 heteroatoms. The predicted molar refractivity (Wildman–Crippen MR) is 76.2 cm³/mol. The van der Waals surface area contributed by atoms with Gasteiger partial charge in [0.1, 0.15) is 11.6 Å². The highest BCUT2D eigenvalue weighted by atomic mass is 15.3. The Balaban J connectivity index is 1.93. The third-order valence-corrected chi connectivity index (χ3v) is 3.48. The lowest BCUT2D eigenvalue weighted by atomic mass is 10.0. The normalized spacial score (nSPS) is 19.4. The van der Waals surface area contributed by atoms with Gasteiger partial charge in [-0.05, 0) is 18.6 Å². The number of benzene rings is 1. The number of aromatic nitrogens is 2. The molecular weight excluding hydrogens is 236 g/mol. The third-order valence-electron chi connectivity index (χ3n) is 3.48. The van der Waals surface area contributed by atoms with E-state index in [4.69, 9.17) is 0 Å². The van der Waals surface area contributed by atoms with Gasteiger partial charge in [-0.2, -0.15) is 0 Å². The van der Waals surface area contributed by atoms with Crippen molar-refractivity contribution in [2.75, 3.05) is 24.5 Å². The van der Waals surface area contributed by atoms with Crippen molar-refractivity contribution in [3.05, 3.63) is 54.0 Å². The molecule has 1 aromatic heterocycles. The van der Waals surface area contributed by atoms with Gasteiger partial charge < -0.3 is 10.2 Å². The van der Waals surface area contributed by atoms with Crippen LogP contribution < -0.4 is 10.2 Å². The van der Waals surface area contributed by atoms with Gasteiger partial charge >= 0.3 is 0 Å². The monoisotopic (exact) mass is 254 g/mol. The fourth-order valence-corrected chi connectivity index (χ4v) is 2.56. The number of hydrogen-bond donors (Lipinski definition) is 1. The summed E-state index contributed by atoms with van der Waals surface area (Å²) in [5, 5.41) is 3.46. The minimum Gasteiger partial charge on any atom is -0.347 e. The van der Waals surface area contributed by atoms with Gasteiger partial charge in [0.15, 0.2) is 0 Å². The van der Waals surface area contributed by atoms with Crippen LogP contribution >= 0.6 is 0 Å². The molecule has 0 unspecified atom stereocenters. The number of anilines is 1. The Morgan fingerprint density at radius 1 is 1.21 bits per heavy atom. The average molecular weight is 254 g/mol. The van der Waals surface area contributed by atoms with Crippen LogP contribution in [0.2, 0.25) is 0 Å². The minimum absolute atomic E-state index is 0.337. The van der Waals surface area contributed by atoms with Crippen molar-refractivity contribution in [2.45, 2.75) is 13.0 Å². The van der Waals surface area contributed by atoms with Crippen LogP contribution in [0.5, 0.6) is 0 Å². The summed E-state index contributed by atoms with van der Waals surface area (Å²) in [6.07, 6.45) is 1.84. The first kappa shape index (κ1) is 12.1. The van der Waals surface area contributed by atoms with Crippen molar-refractivity contribution in [3.63, 3.8) is 0 Å². The number of nitrogens with one attached hydrogen (secondary N) is 1. The van der Waals surface area contributed by atoms with E-state index in [1.807, 2.05) is 19.2 Å². The third kappa shape index (κ3) is 2.58. The van der Waals surface area contributed by atoms with Crippen LogP contribution in [0, 0.1) is 6.92 Å². The molecule has 1 aromatic carbocycles. The van der Waals surface area contributed by atoms with E-state index in [1.54, 1.807) is 0 Å². The molecular formula is C15H18N4. The van der Waals surface area contributed by atoms with Gasteiger partial charge in [0.2, 0.25) is 0 Å². The molecule has 1 aliphatic rings. The molecule has 0 saturated carbocycles. The summed E-state index contributed by atoms with van der Waals surface area (Å²) in [5.41, 5.74) is 1.32. The van der Waals surface area contributed by atoms with Crippen molar-refractivity contribution < 1.29 is 0 Å². The van der Waals surface area contributed by atoms with Crippen molar-refractivity contribution >= 4 is 5.82 Å². The van der Waals surface area contributed by atoms with Crippen LogP contribution in [0.25, 0.3) is 0 Å². The fraction of sp³-hybridized carbons (Fsp3) is 0.333. The van der Waals surface area contributed by atoms with E-state index < -0.39 is 0 Å². The molecule has 2 heterocycles. The molecule has 1 fully saturated rings. The Hall–Kier alpha value is -1.94. The van der Waals surface area contributed by atoms with E-state index in [0.29, 0.717) is 6.04 Å². The lowest BCUT2D eigenvalue weighted by molar-refractivity contribution is 0.485. The SMILES string of the molecule is Cc1nccc(N2CCNC[C@@H]2c2ccccc2)n1. The second-order valence-corrected chi connectivity index (χ2v) is 4.79. The molecule has 0 aliphatic carbocycles. The Kier molecular flexibility index (Phi) is 3.42. The van der Waals surface area contributed by atoms with Gasteiger partial charge in [-0.3, -0.25) is 0 Å². The van der Waals surface area contributed by atoms with Crippen LogP contribution in [0.1, 0.15) is 17.4 Å². The first-order valence-corrected chi connectivity index (χ1v) is 6.66. The van der Waals surface area contributed by atoms with Crippen LogP contribution in [0.15, 0.2) is 42.6 Å². The smallest absolute Gasteiger partial charge is 0.132 e.